The lowest BCUT2D eigenvalue weighted by molar-refractivity contribution is 0.0697. The molecule has 0 spiro atoms. The summed E-state index contributed by atoms with van der Waals surface area (Å²) in [6.45, 7) is 2.69. The fourth-order valence-corrected chi connectivity index (χ4v) is 1.97. The fraction of sp³-hybridized carbons (Fsp3) is 0.200. The molecule has 0 atom stereocenters. The van der Waals surface area contributed by atoms with Gasteiger partial charge in [-0.2, -0.15) is 0 Å². The summed E-state index contributed by atoms with van der Waals surface area (Å²) in [5.74, 6) is -0.570. The molecule has 2 aromatic rings. The van der Waals surface area contributed by atoms with Crippen molar-refractivity contribution < 1.29 is 9.90 Å². The summed E-state index contributed by atoms with van der Waals surface area (Å²) in [5.41, 5.74) is 2.44. The summed E-state index contributed by atoms with van der Waals surface area (Å²) in [7, 11) is 0. The number of carbonyl (C=O) groups is 1. The Kier molecular flexibility index (Phi) is 4.58. The van der Waals surface area contributed by atoms with Crippen LogP contribution in [0.1, 0.15) is 28.4 Å². The number of carboxylic acid groups (broad SMARTS) is 1. The quantitative estimate of drug-likeness (QED) is 0.883. The van der Waals surface area contributed by atoms with Crippen LogP contribution in [0.15, 0.2) is 36.5 Å². The van der Waals surface area contributed by atoms with Crippen LogP contribution in [-0.2, 0) is 13.0 Å². The predicted molar refractivity (Wildman–Crippen MR) is 79.4 cm³/mol. The number of aryl methyl sites for hydroxylation is 1. The Morgan fingerprint density at radius 1 is 1.30 bits per heavy atom. The molecule has 2 N–H and O–H groups in total. The lowest BCUT2D eigenvalue weighted by Gasteiger charge is -2.08. The van der Waals surface area contributed by atoms with E-state index in [0.29, 0.717) is 12.4 Å². The molecule has 0 bridgehead atoms. The molecule has 0 radical (unpaired) electrons. The lowest BCUT2D eigenvalue weighted by Crippen LogP contribution is -2.04. The van der Waals surface area contributed by atoms with Crippen molar-refractivity contribution >= 4 is 23.4 Å². The molecule has 0 saturated heterocycles. The van der Waals surface area contributed by atoms with E-state index in [1.54, 1.807) is 0 Å². The van der Waals surface area contributed by atoms with Crippen LogP contribution in [0.25, 0.3) is 0 Å². The first-order valence-electron chi connectivity index (χ1n) is 6.30. The normalized spacial score (nSPS) is 10.3. The van der Waals surface area contributed by atoms with Crippen LogP contribution in [0.5, 0.6) is 0 Å². The Bertz CT molecular complexity index is 612. The first-order valence-corrected chi connectivity index (χ1v) is 6.68. The molecule has 0 aliphatic rings. The minimum Gasteiger partial charge on any atom is -0.478 e. The zero-order valence-corrected chi connectivity index (χ0v) is 11.8. The highest BCUT2D eigenvalue weighted by molar-refractivity contribution is 6.33. The summed E-state index contributed by atoms with van der Waals surface area (Å²) >= 11 is 5.77. The number of carboxylic acids is 1. The molecule has 0 aliphatic carbocycles. The first-order chi connectivity index (χ1) is 9.60. The van der Waals surface area contributed by atoms with E-state index in [1.165, 1.54) is 17.8 Å². The SMILES string of the molecule is CCc1ccc(CNc2cc(C(=O)O)c(Cl)cn2)cc1. The van der Waals surface area contributed by atoms with Crippen LogP contribution < -0.4 is 5.32 Å². The van der Waals surface area contributed by atoms with Crippen molar-refractivity contribution in [3.63, 3.8) is 0 Å². The van der Waals surface area contributed by atoms with Gasteiger partial charge < -0.3 is 10.4 Å². The number of nitrogens with zero attached hydrogens (tertiary/aromatic N) is 1. The van der Waals surface area contributed by atoms with Gasteiger partial charge in [0.25, 0.3) is 0 Å². The molecule has 104 valence electrons. The van der Waals surface area contributed by atoms with Crippen LogP contribution in [0.2, 0.25) is 5.02 Å². The van der Waals surface area contributed by atoms with Gasteiger partial charge in [0.1, 0.15) is 5.82 Å². The Balaban J connectivity index is 2.06. The second-order valence-electron chi connectivity index (χ2n) is 4.38. The number of hydrogen-bond donors (Lipinski definition) is 2. The van der Waals surface area contributed by atoms with Crippen LogP contribution in [0.3, 0.4) is 0 Å². The number of hydrogen-bond acceptors (Lipinski definition) is 3. The number of halogens is 1. The minimum absolute atomic E-state index is 0.0468. The van der Waals surface area contributed by atoms with Crippen LogP contribution in [0.4, 0.5) is 5.82 Å². The van der Waals surface area contributed by atoms with Crippen molar-refractivity contribution in [3.05, 3.63) is 58.2 Å². The van der Waals surface area contributed by atoms with Crippen molar-refractivity contribution in [2.75, 3.05) is 5.32 Å². The van der Waals surface area contributed by atoms with Crippen LogP contribution in [0, 0.1) is 0 Å². The van der Waals surface area contributed by atoms with Gasteiger partial charge in [-0.25, -0.2) is 9.78 Å². The average Bonchev–Trinajstić information content (AvgIpc) is 2.46. The predicted octanol–water partition coefficient (Wildman–Crippen LogP) is 3.61. The summed E-state index contributed by atoms with van der Waals surface area (Å²) in [6, 6.07) is 9.68. The third-order valence-corrected chi connectivity index (χ3v) is 3.29. The minimum atomic E-state index is -1.06. The highest BCUT2D eigenvalue weighted by Crippen LogP contribution is 2.18. The van der Waals surface area contributed by atoms with Gasteiger partial charge in [-0.05, 0) is 23.6 Å². The Labute approximate surface area is 122 Å². The molecule has 0 aliphatic heterocycles. The van der Waals surface area contributed by atoms with Crippen molar-refractivity contribution in [1.82, 2.24) is 4.98 Å². The largest absolute Gasteiger partial charge is 0.478 e. The number of pyridine rings is 1. The lowest BCUT2D eigenvalue weighted by atomic mass is 10.1. The van der Waals surface area contributed by atoms with Gasteiger partial charge >= 0.3 is 5.97 Å². The van der Waals surface area contributed by atoms with Gasteiger partial charge in [0.2, 0.25) is 0 Å². The van der Waals surface area contributed by atoms with E-state index in [2.05, 4.69) is 29.4 Å². The Morgan fingerprint density at radius 2 is 1.95 bits per heavy atom. The highest BCUT2D eigenvalue weighted by atomic mass is 35.5. The zero-order valence-electron chi connectivity index (χ0n) is 11.1. The van der Waals surface area contributed by atoms with Gasteiger partial charge in [-0.15, -0.1) is 0 Å². The van der Waals surface area contributed by atoms with Crippen molar-refractivity contribution in [3.8, 4) is 0 Å². The van der Waals surface area contributed by atoms with Crippen molar-refractivity contribution in [1.29, 1.82) is 0 Å². The topological polar surface area (TPSA) is 62.2 Å². The van der Waals surface area contributed by atoms with E-state index in [-0.39, 0.29) is 10.6 Å². The number of benzene rings is 1. The van der Waals surface area contributed by atoms with Gasteiger partial charge in [-0.1, -0.05) is 42.8 Å². The van der Waals surface area contributed by atoms with E-state index >= 15 is 0 Å². The molecule has 0 saturated carbocycles. The molecule has 0 unspecified atom stereocenters. The zero-order chi connectivity index (χ0) is 14.5. The number of nitrogens with one attached hydrogen (secondary N) is 1. The van der Waals surface area contributed by atoms with E-state index in [0.717, 1.165) is 12.0 Å². The van der Waals surface area contributed by atoms with Crippen molar-refractivity contribution in [2.45, 2.75) is 19.9 Å². The van der Waals surface area contributed by atoms with E-state index in [1.807, 2.05) is 12.1 Å². The first kappa shape index (κ1) is 14.3. The Morgan fingerprint density at radius 3 is 2.55 bits per heavy atom. The maximum atomic E-state index is 11.0. The molecule has 2 rings (SSSR count). The van der Waals surface area contributed by atoms with Crippen molar-refractivity contribution in [2.24, 2.45) is 0 Å². The summed E-state index contributed by atoms with van der Waals surface area (Å²) in [6.07, 6.45) is 2.35. The maximum absolute atomic E-state index is 11.0. The maximum Gasteiger partial charge on any atom is 0.337 e. The summed E-state index contributed by atoms with van der Waals surface area (Å²) in [4.78, 5) is 15.0. The molecule has 5 heteroatoms. The van der Waals surface area contributed by atoms with Crippen LogP contribution >= 0.6 is 11.6 Å². The molecular weight excluding hydrogens is 276 g/mol. The smallest absolute Gasteiger partial charge is 0.337 e. The third kappa shape index (κ3) is 3.48. The Hall–Kier alpha value is -2.07. The number of aromatic nitrogens is 1. The van der Waals surface area contributed by atoms with Gasteiger partial charge in [0, 0.05) is 12.7 Å². The number of anilines is 1. The van der Waals surface area contributed by atoms with E-state index < -0.39 is 5.97 Å². The molecule has 4 nitrogen and oxygen atoms in total. The molecule has 1 aromatic heterocycles. The summed E-state index contributed by atoms with van der Waals surface area (Å²) < 4.78 is 0. The molecule has 0 amide bonds. The van der Waals surface area contributed by atoms with Gasteiger partial charge in [0.05, 0.1) is 10.6 Å². The van der Waals surface area contributed by atoms with Crippen LogP contribution in [-0.4, -0.2) is 16.1 Å². The molecule has 0 fully saturated rings. The molecule has 1 heterocycles. The highest BCUT2D eigenvalue weighted by Gasteiger charge is 2.10. The second kappa shape index (κ2) is 6.39. The molecular formula is C15H15ClN2O2. The van der Waals surface area contributed by atoms with E-state index in [4.69, 9.17) is 16.7 Å². The van der Waals surface area contributed by atoms with Gasteiger partial charge in [-0.3, -0.25) is 0 Å². The van der Waals surface area contributed by atoms with E-state index in [9.17, 15) is 4.79 Å². The summed E-state index contributed by atoms with van der Waals surface area (Å²) in [5, 5.41) is 12.2. The third-order valence-electron chi connectivity index (χ3n) is 2.99. The van der Waals surface area contributed by atoms with Gasteiger partial charge in [0.15, 0.2) is 0 Å². The standard InChI is InChI=1S/C15H15ClN2O2/c1-2-10-3-5-11(6-4-10)8-17-14-7-12(15(19)20)13(16)9-18-14/h3-7,9H,2,8H2,1H3,(H,17,18)(H,19,20). The molecule has 1 aromatic carbocycles. The number of aromatic carboxylic acids is 1. The second-order valence-corrected chi connectivity index (χ2v) is 4.79. The molecule has 20 heavy (non-hydrogen) atoms. The fourth-order valence-electron chi connectivity index (χ4n) is 1.78. The monoisotopic (exact) mass is 290 g/mol. The average molecular weight is 291 g/mol. The number of rotatable bonds is 5.